The second-order valence-corrected chi connectivity index (χ2v) is 9.07. The molecule has 0 atom stereocenters. The normalized spacial score (nSPS) is 11.0. The number of benzene rings is 3. The summed E-state index contributed by atoms with van der Waals surface area (Å²) < 4.78 is 1.86. The average Bonchev–Trinajstić information content (AvgIpc) is 3.32. The van der Waals surface area contributed by atoms with Crippen LogP contribution in [0.1, 0.15) is 23.1 Å². The van der Waals surface area contributed by atoms with Crippen LogP contribution in [0.25, 0.3) is 0 Å². The number of thioether (sulfide) groups is 1. The Morgan fingerprint density at radius 1 is 0.919 bits per heavy atom. The van der Waals surface area contributed by atoms with Crippen LogP contribution < -0.4 is 10.6 Å². The van der Waals surface area contributed by atoms with Gasteiger partial charge in [-0.15, -0.1) is 10.2 Å². The summed E-state index contributed by atoms with van der Waals surface area (Å²) in [7, 11) is 0. The molecule has 0 saturated heterocycles. The Bertz CT molecular complexity index is 1390. The van der Waals surface area contributed by atoms with Crippen molar-refractivity contribution < 1.29 is 9.59 Å². The molecule has 0 bridgehead atoms. The Balaban J connectivity index is 1.28. The minimum Gasteiger partial charge on any atom is -0.345 e. The van der Waals surface area contributed by atoms with Crippen LogP contribution >= 0.6 is 23.4 Å². The van der Waals surface area contributed by atoms with E-state index in [1.54, 1.807) is 48.5 Å². The van der Waals surface area contributed by atoms with Gasteiger partial charge in [0.25, 0.3) is 5.91 Å². The van der Waals surface area contributed by atoms with Crippen molar-refractivity contribution in [2.45, 2.75) is 25.2 Å². The highest BCUT2D eigenvalue weighted by Gasteiger charge is 2.15. The monoisotopic (exact) mass is 533 g/mol. The molecule has 37 heavy (non-hydrogen) atoms. The molecular weight excluding hydrogens is 510 g/mol. The van der Waals surface area contributed by atoms with Crippen LogP contribution in [0.5, 0.6) is 0 Å². The molecule has 2 N–H and O–H groups in total. The van der Waals surface area contributed by atoms with Crippen molar-refractivity contribution >= 4 is 52.2 Å². The number of rotatable bonds is 10. The molecule has 0 radical (unpaired) electrons. The molecule has 0 unspecified atom stereocenters. The number of azo groups is 1. The predicted octanol–water partition coefficient (Wildman–Crippen LogP) is 6.03. The summed E-state index contributed by atoms with van der Waals surface area (Å²) in [5.74, 6) is 0.269. The smallest absolute Gasteiger partial charge is 0.253 e. The summed E-state index contributed by atoms with van der Waals surface area (Å²) in [6.45, 7) is 2.72. The van der Waals surface area contributed by atoms with Gasteiger partial charge in [-0.25, -0.2) is 0 Å². The molecule has 4 rings (SSSR count). The summed E-state index contributed by atoms with van der Waals surface area (Å²) in [5.41, 5.74) is 2.50. The number of carbonyl (C=O) groups excluding carboxylic acids is 2. The summed E-state index contributed by atoms with van der Waals surface area (Å²) in [6, 6.07) is 23.4. The maximum absolute atomic E-state index is 12.5. The third-order valence-corrected chi connectivity index (χ3v) is 6.45. The van der Waals surface area contributed by atoms with Crippen LogP contribution in [0.15, 0.2) is 94.2 Å². The Labute approximate surface area is 223 Å². The van der Waals surface area contributed by atoms with E-state index >= 15 is 0 Å². The molecule has 11 heteroatoms. The molecule has 0 aliphatic carbocycles. The van der Waals surface area contributed by atoms with Gasteiger partial charge < -0.3 is 15.2 Å². The van der Waals surface area contributed by atoms with Crippen molar-refractivity contribution in [3.05, 3.63) is 95.3 Å². The van der Waals surface area contributed by atoms with Crippen LogP contribution in [-0.4, -0.2) is 32.3 Å². The van der Waals surface area contributed by atoms with Crippen molar-refractivity contribution in [1.82, 2.24) is 20.1 Å². The van der Waals surface area contributed by atoms with Gasteiger partial charge >= 0.3 is 0 Å². The molecule has 3 aromatic carbocycles. The number of nitrogens with zero attached hydrogens (tertiary/aromatic N) is 5. The van der Waals surface area contributed by atoms with E-state index in [2.05, 4.69) is 31.1 Å². The topological polar surface area (TPSA) is 114 Å². The quantitative estimate of drug-likeness (QED) is 0.191. The first kappa shape index (κ1) is 26.1. The predicted molar refractivity (Wildman–Crippen MR) is 145 cm³/mol. The number of aromatic nitrogens is 3. The molecule has 188 valence electrons. The molecule has 0 spiro atoms. The summed E-state index contributed by atoms with van der Waals surface area (Å²) >= 11 is 7.37. The van der Waals surface area contributed by atoms with Gasteiger partial charge in [0.15, 0.2) is 11.0 Å². The molecule has 0 aliphatic rings. The summed E-state index contributed by atoms with van der Waals surface area (Å²) in [4.78, 5) is 24.9. The van der Waals surface area contributed by atoms with E-state index in [-0.39, 0.29) is 24.1 Å². The lowest BCUT2D eigenvalue weighted by Crippen LogP contribution is -2.25. The van der Waals surface area contributed by atoms with E-state index in [9.17, 15) is 9.59 Å². The number of halogens is 1. The average molecular weight is 534 g/mol. The zero-order valence-corrected chi connectivity index (χ0v) is 21.5. The van der Waals surface area contributed by atoms with Gasteiger partial charge in [-0.1, -0.05) is 53.7 Å². The number of amides is 2. The first-order valence-electron chi connectivity index (χ1n) is 11.5. The van der Waals surface area contributed by atoms with Crippen LogP contribution in [0.2, 0.25) is 5.02 Å². The zero-order valence-electron chi connectivity index (χ0n) is 20.0. The van der Waals surface area contributed by atoms with E-state index in [0.29, 0.717) is 39.5 Å². The molecule has 9 nitrogen and oxygen atoms in total. The van der Waals surface area contributed by atoms with Gasteiger partial charge in [0.1, 0.15) is 0 Å². The van der Waals surface area contributed by atoms with E-state index < -0.39 is 0 Å². The standard InChI is InChI=1S/C26H24ClN7O2S/c1-2-34-23(16-28-25(36)21-10-6-7-11-22(21)27)32-33-26(34)37-17-24(35)29-18-12-14-20(15-13-18)31-30-19-8-4-3-5-9-19/h3-15H,2,16-17H2,1H3,(H,28,36)(H,29,35). The van der Waals surface area contributed by atoms with Gasteiger partial charge in [-0.3, -0.25) is 9.59 Å². The minimum atomic E-state index is -0.294. The number of carbonyl (C=O) groups is 2. The largest absolute Gasteiger partial charge is 0.345 e. The highest BCUT2D eigenvalue weighted by molar-refractivity contribution is 7.99. The van der Waals surface area contributed by atoms with Crippen molar-refractivity contribution in [3.8, 4) is 0 Å². The Morgan fingerprint density at radius 2 is 1.59 bits per heavy atom. The lowest BCUT2D eigenvalue weighted by Gasteiger charge is -2.09. The van der Waals surface area contributed by atoms with Crippen LogP contribution in [0.3, 0.4) is 0 Å². The third kappa shape index (κ3) is 7.25. The molecular formula is C26H24ClN7O2S. The van der Waals surface area contributed by atoms with Crippen molar-refractivity contribution in [2.75, 3.05) is 11.1 Å². The Hall–Kier alpha value is -4.02. The van der Waals surface area contributed by atoms with E-state index in [4.69, 9.17) is 11.6 Å². The second-order valence-electron chi connectivity index (χ2n) is 7.72. The van der Waals surface area contributed by atoms with Gasteiger partial charge in [0.05, 0.1) is 34.3 Å². The van der Waals surface area contributed by atoms with Crippen molar-refractivity contribution in [1.29, 1.82) is 0 Å². The summed E-state index contributed by atoms with van der Waals surface area (Å²) in [5, 5.41) is 23.4. The number of nitrogens with one attached hydrogen (secondary N) is 2. The minimum absolute atomic E-state index is 0.152. The van der Waals surface area contributed by atoms with Crippen LogP contribution in [0.4, 0.5) is 17.1 Å². The van der Waals surface area contributed by atoms with Gasteiger partial charge in [0, 0.05) is 12.2 Å². The third-order valence-electron chi connectivity index (χ3n) is 5.16. The maximum Gasteiger partial charge on any atom is 0.253 e. The lowest BCUT2D eigenvalue weighted by atomic mass is 10.2. The number of anilines is 1. The molecule has 1 aromatic heterocycles. The molecule has 4 aromatic rings. The lowest BCUT2D eigenvalue weighted by molar-refractivity contribution is -0.113. The zero-order chi connectivity index (χ0) is 26.0. The number of hydrogen-bond acceptors (Lipinski definition) is 7. The molecule has 0 aliphatic heterocycles. The van der Waals surface area contributed by atoms with E-state index in [1.807, 2.05) is 41.8 Å². The van der Waals surface area contributed by atoms with Crippen LogP contribution in [0, 0.1) is 0 Å². The fraction of sp³-hybridized carbons (Fsp3) is 0.154. The van der Waals surface area contributed by atoms with Gasteiger partial charge in [0.2, 0.25) is 5.91 Å². The van der Waals surface area contributed by atoms with Gasteiger partial charge in [-0.05, 0) is 55.5 Å². The fourth-order valence-electron chi connectivity index (χ4n) is 3.32. The van der Waals surface area contributed by atoms with Crippen molar-refractivity contribution in [2.24, 2.45) is 10.2 Å². The molecule has 0 fully saturated rings. The molecule has 0 saturated carbocycles. The van der Waals surface area contributed by atoms with Crippen LogP contribution in [-0.2, 0) is 17.9 Å². The first-order chi connectivity index (χ1) is 18.0. The maximum atomic E-state index is 12.5. The Kier molecular flexibility index (Phi) is 9.01. The first-order valence-corrected chi connectivity index (χ1v) is 12.8. The van der Waals surface area contributed by atoms with Crippen molar-refractivity contribution in [3.63, 3.8) is 0 Å². The molecule has 1 heterocycles. The van der Waals surface area contributed by atoms with E-state index in [1.165, 1.54) is 11.8 Å². The fourth-order valence-corrected chi connectivity index (χ4v) is 4.37. The Morgan fingerprint density at radius 3 is 2.30 bits per heavy atom. The second kappa shape index (κ2) is 12.8. The summed E-state index contributed by atoms with van der Waals surface area (Å²) in [6.07, 6.45) is 0. The van der Waals surface area contributed by atoms with E-state index in [0.717, 1.165) is 5.69 Å². The highest BCUT2D eigenvalue weighted by Crippen LogP contribution is 2.21. The number of hydrogen-bond donors (Lipinski definition) is 2. The SMILES string of the molecule is CCn1c(CNC(=O)c2ccccc2Cl)nnc1SCC(=O)Nc1ccc(N=Nc2ccccc2)cc1. The molecule has 2 amide bonds. The highest BCUT2D eigenvalue weighted by atomic mass is 35.5. The van der Waals surface area contributed by atoms with Gasteiger partial charge in [-0.2, -0.15) is 10.2 Å².